The Balaban J connectivity index is 2.74. The fourth-order valence-electron chi connectivity index (χ4n) is 1.30. The van der Waals surface area contributed by atoms with Crippen LogP contribution in [-0.4, -0.2) is 5.78 Å². The van der Waals surface area contributed by atoms with Crippen molar-refractivity contribution in [1.29, 1.82) is 0 Å². The Bertz CT molecular complexity index is 322. The second-order valence-corrected chi connectivity index (χ2v) is 3.41. The molecule has 14 heavy (non-hydrogen) atoms. The van der Waals surface area contributed by atoms with Gasteiger partial charge < -0.3 is 0 Å². The average molecular weight is 188 g/mol. The number of Topliss-reactive ketones (excluding diaryl/α,β-unsaturated/α-hetero) is 1. The van der Waals surface area contributed by atoms with Crippen molar-refractivity contribution < 1.29 is 4.79 Å². The number of rotatable bonds is 4. The maximum absolute atomic E-state index is 11.5. The highest BCUT2D eigenvalue weighted by molar-refractivity contribution is 5.98. The molecule has 1 aromatic rings. The van der Waals surface area contributed by atoms with Crippen molar-refractivity contribution in [3.8, 4) is 0 Å². The molecule has 1 heteroatoms. The van der Waals surface area contributed by atoms with Crippen molar-refractivity contribution in [3.05, 3.63) is 41.5 Å². The van der Waals surface area contributed by atoms with Gasteiger partial charge in [-0.05, 0) is 30.6 Å². The monoisotopic (exact) mass is 188 g/mol. The molecule has 0 atom stereocenters. The Morgan fingerprint density at radius 1 is 1.29 bits per heavy atom. The van der Waals surface area contributed by atoms with Gasteiger partial charge in [0.1, 0.15) is 0 Å². The van der Waals surface area contributed by atoms with Gasteiger partial charge in [0.25, 0.3) is 0 Å². The first-order chi connectivity index (χ1) is 6.74. The standard InChI is InChI=1S/C13H16O/c1-3-7-13(14)11(2)10-12-8-5-4-6-9-12/h4-6,8-10H,3,7H2,1-2H3/b11-10+. The Hall–Kier alpha value is -1.37. The van der Waals surface area contributed by atoms with Crippen molar-refractivity contribution in [2.75, 3.05) is 0 Å². The van der Waals surface area contributed by atoms with Gasteiger partial charge in [0.05, 0.1) is 0 Å². The summed E-state index contributed by atoms with van der Waals surface area (Å²) in [6.07, 6.45) is 3.51. The maximum Gasteiger partial charge on any atom is 0.158 e. The van der Waals surface area contributed by atoms with E-state index in [1.54, 1.807) is 0 Å². The minimum Gasteiger partial charge on any atom is -0.295 e. The largest absolute Gasteiger partial charge is 0.295 e. The molecule has 0 unspecified atom stereocenters. The smallest absolute Gasteiger partial charge is 0.158 e. The predicted molar refractivity (Wildman–Crippen MR) is 60.0 cm³/mol. The maximum atomic E-state index is 11.5. The molecule has 0 radical (unpaired) electrons. The lowest BCUT2D eigenvalue weighted by atomic mass is 10.1. The number of ketones is 1. The van der Waals surface area contributed by atoms with Crippen LogP contribution in [-0.2, 0) is 4.79 Å². The van der Waals surface area contributed by atoms with E-state index in [0.717, 1.165) is 17.6 Å². The summed E-state index contributed by atoms with van der Waals surface area (Å²) in [6.45, 7) is 3.90. The highest BCUT2D eigenvalue weighted by Gasteiger charge is 2.01. The molecule has 0 N–H and O–H groups in total. The molecule has 1 nitrogen and oxygen atoms in total. The first-order valence-corrected chi connectivity index (χ1v) is 5.00. The highest BCUT2D eigenvalue weighted by Crippen LogP contribution is 2.08. The van der Waals surface area contributed by atoms with Crippen molar-refractivity contribution >= 4 is 11.9 Å². The lowest BCUT2D eigenvalue weighted by molar-refractivity contribution is -0.115. The Morgan fingerprint density at radius 3 is 2.50 bits per heavy atom. The third kappa shape index (κ3) is 3.17. The van der Waals surface area contributed by atoms with Gasteiger partial charge in [0, 0.05) is 6.42 Å². The molecular formula is C13H16O. The van der Waals surface area contributed by atoms with Crippen LogP contribution in [0.5, 0.6) is 0 Å². The Morgan fingerprint density at radius 2 is 1.93 bits per heavy atom. The third-order valence-electron chi connectivity index (χ3n) is 2.10. The van der Waals surface area contributed by atoms with Crippen LogP contribution < -0.4 is 0 Å². The van der Waals surface area contributed by atoms with Crippen LogP contribution >= 0.6 is 0 Å². The van der Waals surface area contributed by atoms with E-state index in [1.807, 2.05) is 50.3 Å². The summed E-state index contributed by atoms with van der Waals surface area (Å²) in [4.78, 5) is 11.5. The van der Waals surface area contributed by atoms with Crippen LogP contribution in [0.3, 0.4) is 0 Å². The predicted octanol–water partition coefficient (Wildman–Crippen LogP) is 3.46. The zero-order chi connectivity index (χ0) is 10.4. The third-order valence-corrected chi connectivity index (χ3v) is 2.10. The van der Waals surface area contributed by atoms with Crippen LogP contribution in [0.2, 0.25) is 0 Å². The van der Waals surface area contributed by atoms with Crippen molar-refractivity contribution in [1.82, 2.24) is 0 Å². The quantitative estimate of drug-likeness (QED) is 0.661. The first-order valence-electron chi connectivity index (χ1n) is 5.00. The molecule has 0 aliphatic carbocycles. The molecule has 1 rings (SSSR count). The second kappa shape index (κ2) is 5.38. The van der Waals surface area contributed by atoms with Crippen LogP contribution in [0.4, 0.5) is 0 Å². The topological polar surface area (TPSA) is 17.1 Å². The molecule has 0 fully saturated rings. The minimum atomic E-state index is 0.247. The van der Waals surface area contributed by atoms with E-state index in [0.29, 0.717) is 6.42 Å². The molecule has 0 aromatic heterocycles. The van der Waals surface area contributed by atoms with E-state index < -0.39 is 0 Å². The van der Waals surface area contributed by atoms with Gasteiger partial charge in [-0.1, -0.05) is 37.3 Å². The Kier molecular flexibility index (Phi) is 4.11. The summed E-state index contributed by atoms with van der Waals surface area (Å²) < 4.78 is 0. The number of allylic oxidation sites excluding steroid dienone is 1. The van der Waals surface area contributed by atoms with Crippen LogP contribution in [0, 0.1) is 0 Å². The molecule has 74 valence electrons. The van der Waals surface area contributed by atoms with E-state index in [1.165, 1.54) is 0 Å². The van der Waals surface area contributed by atoms with E-state index in [-0.39, 0.29) is 5.78 Å². The summed E-state index contributed by atoms with van der Waals surface area (Å²) in [7, 11) is 0. The molecule has 0 bridgehead atoms. The molecule has 0 amide bonds. The molecule has 0 saturated heterocycles. The fourth-order valence-corrected chi connectivity index (χ4v) is 1.30. The van der Waals surface area contributed by atoms with Crippen molar-refractivity contribution in [2.24, 2.45) is 0 Å². The van der Waals surface area contributed by atoms with Gasteiger partial charge in [0.2, 0.25) is 0 Å². The number of hydrogen-bond donors (Lipinski definition) is 0. The summed E-state index contributed by atoms with van der Waals surface area (Å²) in [5.41, 5.74) is 1.94. The molecular weight excluding hydrogens is 172 g/mol. The summed E-state index contributed by atoms with van der Waals surface area (Å²) >= 11 is 0. The average Bonchev–Trinajstić information content (AvgIpc) is 2.19. The minimum absolute atomic E-state index is 0.247. The number of hydrogen-bond acceptors (Lipinski definition) is 1. The van der Waals surface area contributed by atoms with Gasteiger partial charge in [-0.3, -0.25) is 4.79 Å². The molecule has 0 aliphatic heterocycles. The molecule has 0 spiro atoms. The normalized spacial score (nSPS) is 11.4. The van der Waals surface area contributed by atoms with Gasteiger partial charge in [-0.15, -0.1) is 0 Å². The van der Waals surface area contributed by atoms with Crippen LogP contribution in [0.25, 0.3) is 6.08 Å². The van der Waals surface area contributed by atoms with Gasteiger partial charge in [-0.2, -0.15) is 0 Å². The van der Waals surface area contributed by atoms with E-state index in [4.69, 9.17) is 0 Å². The number of benzene rings is 1. The van der Waals surface area contributed by atoms with E-state index in [9.17, 15) is 4.79 Å². The van der Waals surface area contributed by atoms with Crippen LogP contribution in [0.1, 0.15) is 32.3 Å². The molecule has 0 saturated carbocycles. The lowest BCUT2D eigenvalue weighted by Gasteiger charge is -1.98. The molecule has 0 heterocycles. The van der Waals surface area contributed by atoms with Crippen molar-refractivity contribution in [3.63, 3.8) is 0 Å². The van der Waals surface area contributed by atoms with Gasteiger partial charge >= 0.3 is 0 Å². The summed E-state index contributed by atoms with van der Waals surface area (Å²) in [5.74, 6) is 0.247. The lowest BCUT2D eigenvalue weighted by Crippen LogP contribution is -1.97. The SMILES string of the molecule is CCCC(=O)/C(C)=C/c1ccccc1. The van der Waals surface area contributed by atoms with Gasteiger partial charge in [0.15, 0.2) is 5.78 Å². The number of carbonyl (C=O) groups is 1. The van der Waals surface area contributed by atoms with Gasteiger partial charge in [-0.25, -0.2) is 0 Å². The molecule has 0 aliphatic rings. The zero-order valence-corrected chi connectivity index (χ0v) is 8.79. The Labute approximate surface area is 85.5 Å². The van der Waals surface area contributed by atoms with E-state index >= 15 is 0 Å². The highest BCUT2D eigenvalue weighted by atomic mass is 16.1. The van der Waals surface area contributed by atoms with Crippen LogP contribution in [0.15, 0.2) is 35.9 Å². The van der Waals surface area contributed by atoms with Crippen molar-refractivity contribution in [2.45, 2.75) is 26.7 Å². The first kappa shape index (κ1) is 10.7. The van der Waals surface area contributed by atoms with E-state index in [2.05, 4.69) is 0 Å². The fraction of sp³-hybridized carbons (Fsp3) is 0.308. The summed E-state index contributed by atoms with van der Waals surface area (Å²) in [6, 6.07) is 9.93. The second-order valence-electron chi connectivity index (χ2n) is 3.41. The molecule has 1 aromatic carbocycles. The number of carbonyl (C=O) groups excluding carboxylic acids is 1. The summed E-state index contributed by atoms with van der Waals surface area (Å²) in [5, 5.41) is 0. The zero-order valence-electron chi connectivity index (χ0n) is 8.79.